The van der Waals surface area contributed by atoms with Gasteiger partial charge in [-0.2, -0.15) is 0 Å². The van der Waals surface area contributed by atoms with Gasteiger partial charge < -0.3 is 14.2 Å². The number of nitrogens with zero attached hydrogens (tertiary/aromatic N) is 3. The van der Waals surface area contributed by atoms with Crippen molar-refractivity contribution in [2.45, 2.75) is 40.7 Å². The number of carbonyl (C=O) groups is 1. The monoisotopic (exact) mass is 505 g/mol. The second-order valence-electron chi connectivity index (χ2n) is 7.97. The van der Waals surface area contributed by atoms with Gasteiger partial charge in [0.1, 0.15) is 0 Å². The van der Waals surface area contributed by atoms with Crippen LogP contribution >= 0.6 is 11.3 Å². The van der Waals surface area contributed by atoms with Gasteiger partial charge in [0.15, 0.2) is 16.6 Å². The van der Waals surface area contributed by atoms with E-state index in [1.807, 2.05) is 45.0 Å². The van der Waals surface area contributed by atoms with Crippen LogP contribution in [0.3, 0.4) is 0 Å². The van der Waals surface area contributed by atoms with E-state index in [9.17, 15) is 4.79 Å². The number of thiazole rings is 1. The van der Waals surface area contributed by atoms with Crippen LogP contribution in [0.1, 0.15) is 49.3 Å². The minimum Gasteiger partial charge on any atom is -0.490 e. The van der Waals surface area contributed by atoms with Gasteiger partial charge >= 0.3 is 0 Å². The molecule has 0 radical (unpaired) electrons. The maximum atomic E-state index is 14.0. The summed E-state index contributed by atoms with van der Waals surface area (Å²) in [6.45, 7) is 9.39. The molecule has 4 rings (SSSR count). The van der Waals surface area contributed by atoms with Crippen molar-refractivity contribution in [3.63, 3.8) is 0 Å². The standard InChI is InChI=1S/C28H31N3O4S/c1-5-19-12-13-22-25(15-19)36-28(30-22)31(18-21-11-9-10-14-29-21)27(32)20-16-23(33-6-2)26(35-8-4)24(17-20)34-7-3/h9-17H,5-8,18H2,1-4H3. The number of benzene rings is 2. The molecular weight excluding hydrogens is 474 g/mol. The van der Waals surface area contributed by atoms with E-state index >= 15 is 0 Å². The predicted octanol–water partition coefficient (Wildman–Crippen LogP) is 6.30. The quantitative estimate of drug-likeness (QED) is 0.238. The Morgan fingerprint density at radius 2 is 1.64 bits per heavy atom. The third kappa shape index (κ3) is 5.60. The molecule has 0 bridgehead atoms. The van der Waals surface area contributed by atoms with Gasteiger partial charge in [-0.05, 0) is 69.2 Å². The van der Waals surface area contributed by atoms with Crippen molar-refractivity contribution in [2.75, 3.05) is 24.7 Å². The Morgan fingerprint density at radius 1 is 0.917 bits per heavy atom. The number of fused-ring (bicyclic) bond motifs is 1. The zero-order chi connectivity index (χ0) is 25.5. The van der Waals surface area contributed by atoms with Gasteiger partial charge in [-0.25, -0.2) is 4.98 Å². The number of hydrogen-bond acceptors (Lipinski definition) is 7. The summed E-state index contributed by atoms with van der Waals surface area (Å²) in [5, 5.41) is 0.610. The number of carbonyl (C=O) groups excluding carboxylic acids is 1. The zero-order valence-electron chi connectivity index (χ0n) is 21.1. The van der Waals surface area contributed by atoms with Crippen molar-refractivity contribution < 1.29 is 19.0 Å². The third-order valence-corrected chi connectivity index (χ3v) is 6.57. The molecule has 2 aromatic heterocycles. The molecule has 0 aliphatic rings. The van der Waals surface area contributed by atoms with Crippen LogP contribution in [0.2, 0.25) is 0 Å². The third-order valence-electron chi connectivity index (χ3n) is 5.53. The van der Waals surface area contributed by atoms with Gasteiger partial charge in [0.05, 0.1) is 42.3 Å². The van der Waals surface area contributed by atoms with Crippen LogP contribution in [0.5, 0.6) is 17.2 Å². The lowest BCUT2D eigenvalue weighted by Gasteiger charge is -2.22. The minimum atomic E-state index is -0.222. The van der Waals surface area contributed by atoms with Crippen molar-refractivity contribution >= 4 is 32.6 Å². The van der Waals surface area contributed by atoms with Crippen LogP contribution in [0.4, 0.5) is 5.13 Å². The Kier molecular flexibility index (Phi) is 8.38. The molecule has 0 fully saturated rings. The number of aryl methyl sites for hydroxylation is 1. The lowest BCUT2D eigenvalue weighted by Crippen LogP contribution is -2.30. The Bertz CT molecular complexity index is 1300. The van der Waals surface area contributed by atoms with Crippen molar-refractivity contribution in [3.8, 4) is 17.2 Å². The molecule has 0 N–H and O–H groups in total. The van der Waals surface area contributed by atoms with E-state index < -0.39 is 0 Å². The number of hydrogen-bond donors (Lipinski definition) is 0. The highest BCUT2D eigenvalue weighted by Crippen LogP contribution is 2.40. The first-order valence-corrected chi connectivity index (χ1v) is 13.1. The van der Waals surface area contributed by atoms with E-state index in [4.69, 9.17) is 19.2 Å². The molecule has 0 saturated heterocycles. The van der Waals surface area contributed by atoms with Crippen LogP contribution in [0.15, 0.2) is 54.7 Å². The second-order valence-corrected chi connectivity index (χ2v) is 8.97. The number of anilines is 1. The molecule has 0 aliphatic carbocycles. The molecule has 1 amide bonds. The van der Waals surface area contributed by atoms with E-state index in [0.717, 1.165) is 22.3 Å². The smallest absolute Gasteiger partial charge is 0.260 e. The molecule has 0 aliphatic heterocycles. The lowest BCUT2D eigenvalue weighted by molar-refractivity contribution is 0.0983. The van der Waals surface area contributed by atoms with Crippen molar-refractivity contribution in [1.29, 1.82) is 0 Å². The first-order chi connectivity index (χ1) is 17.6. The van der Waals surface area contributed by atoms with Gasteiger partial charge in [-0.1, -0.05) is 30.4 Å². The molecule has 7 nitrogen and oxygen atoms in total. The minimum absolute atomic E-state index is 0.222. The Hall–Kier alpha value is -3.65. The fourth-order valence-electron chi connectivity index (χ4n) is 3.84. The summed E-state index contributed by atoms with van der Waals surface area (Å²) < 4.78 is 18.5. The molecule has 0 unspecified atom stereocenters. The van der Waals surface area contributed by atoms with Crippen molar-refractivity contribution in [2.24, 2.45) is 0 Å². The average Bonchev–Trinajstić information content (AvgIpc) is 3.32. The van der Waals surface area contributed by atoms with E-state index in [0.29, 0.717) is 47.8 Å². The highest BCUT2D eigenvalue weighted by molar-refractivity contribution is 7.22. The Balaban J connectivity index is 1.81. The second kappa shape index (κ2) is 11.9. The summed E-state index contributed by atoms with van der Waals surface area (Å²) in [4.78, 5) is 25.0. The molecule has 188 valence electrons. The largest absolute Gasteiger partial charge is 0.490 e. The highest BCUT2D eigenvalue weighted by Gasteiger charge is 2.26. The van der Waals surface area contributed by atoms with Gasteiger partial charge in [0, 0.05) is 11.8 Å². The molecule has 0 atom stereocenters. The molecular formula is C28H31N3O4S. The molecule has 36 heavy (non-hydrogen) atoms. The summed E-state index contributed by atoms with van der Waals surface area (Å²) in [6.07, 6.45) is 2.66. The topological polar surface area (TPSA) is 73.8 Å². The summed E-state index contributed by atoms with van der Waals surface area (Å²) >= 11 is 1.50. The SMILES string of the molecule is CCOc1cc(C(=O)N(Cc2ccccn2)c2nc3ccc(CC)cc3s2)cc(OCC)c1OCC. The summed E-state index contributed by atoms with van der Waals surface area (Å²) in [5.74, 6) is 1.23. The fraction of sp³-hybridized carbons (Fsp3) is 0.321. The molecule has 0 saturated carbocycles. The number of ether oxygens (including phenoxy) is 3. The van der Waals surface area contributed by atoms with Crippen LogP contribution in [-0.2, 0) is 13.0 Å². The number of rotatable bonds is 11. The first-order valence-electron chi connectivity index (χ1n) is 12.3. The number of pyridine rings is 1. The number of aromatic nitrogens is 2. The number of amides is 1. The maximum absolute atomic E-state index is 14.0. The van der Waals surface area contributed by atoms with Gasteiger partial charge in [0.2, 0.25) is 5.75 Å². The van der Waals surface area contributed by atoms with Crippen molar-refractivity contribution in [3.05, 3.63) is 71.5 Å². The Morgan fingerprint density at radius 3 is 2.25 bits per heavy atom. The van der Waals surface area contributed by atoms with Crippen LogP contribution in [0, 0.1) is 0 Å². The molecule has 4 aromatic rings. The summed E-state index contributed by atoms with van der Waals surface area (Å²) in [6, 6.07) is 15.3. The Labute approximate surface area is 215 Å². The fourth-order valence-corrected chi connectivity index (χ4v) is 4.87. The van der Waals surface area contributed by atoms with Crippen molar-refractivity contribution in [1.82, 2.24) is 9.97 Å². The van der Waals surface area contributed by atoms with Gasteiger partial charge in [-0.15, -0.1) is 0 Å². The van der Waals surface area contributed by atoms with Gasteiger partial charge in [-0.3, -0.25) is 14.7 Å². The molecule has 0 spiro atoms. The van der Waals surface area contributed by atoms with E-state index in [1.54, 1.807) is 23.2 Å². The normalized spacial score (nSPS) is 10.9. The first kappa shape index (κ1) is 25.4. The summed E-state index contributed by atoms with van der Waals surface area (Å²) in [5.41, 5.74) is 3.28. The molecule has 8 heteroatoms. The highest BCUT2D eigenvalue weighted by atomic mass is 32.1. The molecule has 2 heterocycles. The molecule has 2 aromatic carbocycles. The van der Waals surface area contributed by atoms with Crippen LogP contribution in [-0.4, -0.2) is 35.7 Å². The average molecular weight is 506 g/mol. The zero-order valence-corrected chi connectivity index (χ0v) is 21.9. The predicted molar refractivity (Wildman–Crippen MR) is 144 cm³/mol. The maximum Gasteiger partial charge on any atom is 0.260 e. The van der Waals surface area contributed by atoms with Crippen LogP contribution < -0.4 is 19.1 Å². The van der Waals surface area contributed by atoms with E-state index in [-0.39, 0.29) is 12.5 Å². The van der Waals surface area contributed by atoms with E-state index in [2.05, 4.69) is 24.0 Å². The van der Waals surface area contributed by atoms with E-state index in [1.165, 1.54) is 16.9 Å². The van der Waals surface area contributed by atoms with Crippen LogP contribution in [0.25, 0.3) is 10.2 Å². The lowest BCUT2D eigenvalue weighted by atomic mass is 10.1. The van der Waals surface area contributed by atoms with Gasteiger partial charge in [0.25, 0.3) is 5.91 Å². The summed E-state index contributed by atoms with van der Waals surface area (Å²) in [7, 11) is 0.